The molecule has 3 amide bonds. The van der Waals surface area contributed by atoms with Gasteiger partial charge in [0.15, 0.2) is 0 Å². The van der Waals surface area contributed by atoms with Crippen molar-refractivity contribution in [1.82, 2.24) is 14.7 Å². The van der Waals surface area contributed by atoms with E-state index in [1.807, 2.05) is 28.5 Å². The molecule has 1 unspecified atom stereocenters. The van der Waals surface area contributed by atoms with Crippen LogP contribution in [0.5, 0.6) is 0 Å². The molecule has 0 aliphatic carbocycles. The number of rotatable bonds is 6. The van der Waals surface area contributed by atoms with Gasteiger partial charge in [-0.15, -0.1) is 0 Å². The Morgan fingerprint density at radius 1 is 1.05 bits per heavy atom. The zero-order valence-corrected chi connectivity index (χ0v) is 13.7. The van der Waals surface area contributed by atoms with E-state index in [1.54, 1.807) is 0 Å². The Morgan fingerprint density at radius 2 is 1.57 bits per heavy atom. The second kappa shape index (κ2) is 8.87. The van der Waals surface area contributed by atoms with Crippen molar-refractivity contribution >= 4 is 11.9 Å². The smallest absolute Gasteiger partial charge is 0.320 e. The lowest BCUT2D eigenvalue weighted by atomic mass is 10.1. The van der Waals surface area contributed by atoms with Crippen molar-refractivity contribution in [2.75, 3.05) is 39.3 Å². The van der Waals surface area contributed by atoms with Crippen molar-refractivity contribution in [2.45, 2.75) is 46.1 Å². The van der Waals surface area contributed by atoms with Crippen LogP contribution >= 0.6 is 0 Å². The fraction of sp³-hybridized carbons (Fsp3) is 0.867. The molecule has 21 heavy (non-hydrogen) atoms. The second-order valence-electron chi connectivity index (χ2n) is 5.58. The Bertz CT molecular complexity index is 337. The average Bonchev–Trinajstić information content (AvgIpc) is 2.48. The molecule has 122 valence electrons. The first kappa shape index (κ1) is 17.8. The largest absolute Gasteiger partial charge is 0.339 e. The quantitative estimate of drug-likeness (QED) is 0.798. The highest BCUT2D eigenvalue weighted by molar-refractivity contribution is 5.78. The first-order chi connectivity index (χ1) is 10.0. The number of amides is 3. The molecule has 0 spiro atoms. The summed E-state index contributed by atoms with van der Waals surface area (Å²) in [4.78, 5) is 29.9. The van der Waals surface area contributed by atoms with Crippen molar-refractivity contribution in [3.8, 4) is 0 Å². The SMILES string of the molecule is CCCC(N)CC(=O)N1CCN(C(=O)N(CC)CC)CC1. The van der Waals surface area contributed by atoms with E-state index in [0.717, 1.165) is 25.9 Å². The number of nitrogens with two attached hydrogens (primary N) is 1. The Kier molecular flexibility index (Phi) is 7.50. The maximum Gasteiger partial charge on any atom is 0.320 e. The molecule has 0 aromatic rings. The van der Waals surface area contributed by atoms with Gasteiger partial charge in [-0.1, -0.05) is 13.3 Å². The predicted molar refractivity (Wildman–Crippen MR) is 84.0 cm³/mol. The monoisotopic (exact) mass is 298 g/mol. The summed E-state index contributed by atoms with van der Waals surface area (Å²) in [6.45, 7) is 9.94. The van der Waals surface area contributed by atoms with Crippen LogP contribution in [0.25, 0.3) is 0 Å². The number of nitrogens with zero attached hydrogens (tertiary/aromatic N) is 3. The van der Waals surface area contributed by atoms with Crippen molar-refractivity contribution in [2.24, 2.45) is 5.73 Å². The summed E-state index contributed by atoms with van der Waals surface area (Å²) in [7, 11) is 0. The van der Waals surface area contributed by atoms with Crippen LogP contribution in [0.3, 0.4) is 0 Å². The average molecular weight is 298 g/mol. The van der Waals surface area contributed by atoms with Gasteiger partial charge in [0, 0.05) is 51.7 Å². The van der Waals surface area contributed by atoms with Crippen LogP contribution in [0.4, 0.5) is 4.79 Å². The van der Waals surface area contributed by atoms with E-state index in [1.165, 1.54) is 0 Å². The molecule has 2 N–H and O–H groups in total. The van der Waals surface area contributed by atoms with E-state index in [2.05, 4.69) is 6.92 Å². The lowest BCUT2D eigenvalue weighted by molar-refractivity contribution is -0.133. The molecule has 1 aliphatic heterocycles. The van der Waals surface area contributed by atoms with Gasteiger partial charge in [0.25, 0.3) is 0 Å². The van der Waals surface area contributed by atoms with Crippen LogP contribution in [0.2, 0.25) is 0 Å². The minimum Gasteiger partial charge on any atom is -0.339 e. The van der Waals surface area contributed by atoms with Gasteiger partial charge in [-0.05, 0) is 20.3 Å². The number of hydrogen-bond acceptors (Lipinski definition) is 3. The third-order valence-corrected chi connectivity index (χ3v) is 4.03. The molecular weight excluding hydrogens is 268 g/mol. The molecule has 6 heteroatoms. The number of hydrogen-bond donors (Lipinski definition) is 1. The summed E-state index contributed by atoms with van der Waals surface area (Å²) in [6.07, 6.45) is 2.30. The third kappa shape index (κ3) is 5.19. The van der Waals surface area contributed by atoms with Crippen molar-refractivity contribution in [3.63, 3.8) is 0 Å². The van der Waals surface area contributed by atoms with Crippen LogP contribution in [-0.4, -0.2) is 71.9 Å². The summed E-state index contributed by atoms with van der Waals surface area (Å²) >= 11 is 0. The van der Waals surface area contributed by atoms with E-state index in [9.17, 15) is 9.59 Å². The topological polar surface area (TPSA) is 69.9 Å². The van der Waals surface area contributed by atoms with Crippen LogP contribution in [-0.2, 0) is 4.79 Å². The molecule has 6 nitrogen and oxygen atoms in total. The molecule has 1 rings (SSSR count). The van der Waals surface area contributed by atoms with Gasteiger partial charge in [0.05, 0.1) is 0 Å². The fourth-order valence-electron chi connectivity index (χ4n) is 2.67. The molecule has 1 aliphatic rings. The van der Waals surface area contributed by atoms with E-state index in [0.29, 0.717) is 32.6 Å². The number of carbonyl (C=O) groups is 2. The third-order valence-electron chi connectivity index (χ3n) is 4.03. The van der Waals surface area contributed by atoms with Crippen LogP contribution in [0.15, 0.2) is 0 Å². The summed E-state index contributed by atoms with van der Waals surface area (Å²) in [5.74, 6) is 0.117. The Hall–Kier alpha value is -1.30. The number of carbonyl (C=O) groups excluding carboxylic acids is 2. The molecule has 0 aromatic carbocycles. The highest BCUT2D eigenvalue weighted by Gasteiger charge is 2.26. The summed E-state index contributed by atoms with van der Waals surface area (Å²) in [5.41, 5.74) is 5.92. The molecule has 0 aromatic heterocycles. The van der Waals surface area contributed by atoms with Gasteiger partial charge in [0.1, 0.15) is 0 Å². The Morgan fingerprint density at radius 3 is 2.05 bits per heavy atom. The normalized spacial score (nSPS) is 16.8. The zero-order chi connectivity index (χ0) is 15.8. The predicted octanol–water partition coefficient (Wildman–Crippen LogP) is 1.11. The number of piperazine rings is 1. The van der Waals surface area contributed by atoms with Gasteiger partial charge >= 0.3 is 6.03 Å². The fourth-order valence-corrected chi connectivity index (χ4v) is 2.67. The van der Waals surface area contributed by atoms with Gasteiger partial charge in [0.2, 0.25) is 5.91 Å². The minimum absolute atomic E-state index is 0.0437. The van der Waals surface area contributed by atoms with Crippen LogP contribution < -0.4 is 5.73 Å². The van der Waals surface area contributed by atoms with E-state index < -0.39 is 0 Å². The van der Waals surface area contributed by atoms with Crippen LogP contribution in [0.1, 0.15) is 40.0 Å². The van der Waals surface area contributed by atoms with Gasteiger partial charge in [-0.2, -0.15) is 0 Å². The van der Waals surface area contributed by atoms with Gasteiger partial charge in [-0.3, -0.25) is 4.79 Å². The van der Waals surface area contributed by atoms with Gasteiger partial charge in [-0.25, -0.2) is 4.79 Å². The lowest BCUT2D eigenvalue weighted by Gasteiger charge is -2.37. The Balaban J connectivity index is 2.41. The summed E-state index contributed by atoms with van der Waals surface area (Å²) < 4.78 is 0. The zero-order valence-electron chi connectivity index (χ0n) is 13.7. The summed E-state index contributed by atoms with van der Waals surface area (Å²) in [6, 6.07) is 0.0348. The molecule has 0 saturated carbocycles. The van der Waals surface area contributed by atoms with Gasteiger partial charge < -0.3 is 20.4 Å². The molecule has 1 heterocycles. The van der Waals surface area contributed by atoms with E-state index in [-0.39, 0.29) is 18.0 Å². The van der Waals surface area contributed by atoms with E-state index >= 15 is 0 Å². The molecule has 1 fully saturated rings. The number of urea groups is 1. The first-order valence-electron chi connectivity index (χ1n) is 8.10. The lowest BCUT2D eigenvalue weighted by Crippen LogP contribution is -2.54. The molecule has 1 atom stereocenters. The molecule has 0 bridgehead atoms. The highest BCUT2D eigenvalue weighted by atomic mass is 16.2. The maximum absolute atomic E-state index is 12.2. The highest BCUT2D eigenvalue weighted by Crippen LogP contribution is 2.09. The first-order valence-corrected chi connectivity index (χ1v) is 8.10. The van der Waals surface area contributed by atoms with Crippen molar-refractivity contribution < 1.29 is 9.59 Å². The maximum atomic E-state index is 12.2. The molecular formula is C15H30N4O2. The molecule has 1 saturated heterocycles. The standard InChI is InChI=1S/C15H30N4O2/c1-4-7-13(16)12-14(20)18-8-10-19(11-9-18)15(21)17(5-2)6-3/h13H,4-12,16H2,1-3H3. The second-order valence-corrected chi connectivity index (χ2v) is 5.58. The van der Waals surface area contributed by atoms with Crippen LogP contribution in [0, 0.1) is 0 Å². The molecule has 0 radical (unpaired) electrons. The Labute approximate surface area is 128 Å². The van der Waals surface area contributed by atoms with Crippen molar-refractivity contribution in [3.05, 3.63) is 0 Å². The minimum atomic E-state index is -0.0437. The van der Waals surface area contributed by atoms with E-state index in [4.69, 9.17) is 5.73 Å². The summed E-state index contributed by atoms with van der Waals surface area (Å²) in [5, 5.41) is 0. The van der Waals surface area contributed by atoms with Crippen molar-refractivity contribution in [1.29, 1.82) is 0 Å².